The van der Waals surface area contributed by atoms with E-state index in [0.717, 1.165) is 18.9 Å². The Balaban J connectivity index is 1.66. The van der Waals surface area contributed by atoms with Crippen molar-refractivity contribution in [2.24, 2.45) is 5.92 Å². The normalized spacial score (nSPS) is 28.5. The standard InChI is InChI=1S/C15H20ClN/c16-14-9-12-7-3-4-8-13(12)15(14)17-10-11-5-1-2-6-11/h3-4,7-8,11,14-15,17H,1-2,5-6,9-10H2. The van der Waals surface area contributed by atoms with Crippen LogP contribution < -0.4 is 5.32 Å². The van der Waals surface area contributed by atoms with Gasteiger partial charge in [-0.3, -0.25) is 0 Å². The minimum atomic E-state index is 0.230. The average molecular weight is 250 g/mol. The summed E-state index contributed by atoms with van der Waals surface area (Å²) in [5.74, 6) is 0.881. The molecule has 2 heteroatoms. The minimum Gasteiger partial charge on any atom is -0.308 e. The third kappa shape index (κ3) is 2.36. The molecule has 0 aliphatic heterocycles. The summed E-state index contributed by atoms with van der Waals surface area (Å²) >= 11 is 6.47. The van der Waals surface area contributed by atoms with E-state index in [1.165, 1.54) is 36.8 Å². The van der Waals surface area contributed by atoms with Crippen LogP contribution in [0.5, 0.6) is 0 Å². The Hall–Kier alpha value is -0.530. The van der Waals surface area contributed by atoms with Crippen LogP contribution in [0.2, 0.25) is 0 Å². The van der Waals surface area contributed by atoms with Gasteiger partial charge in [0.05, 0.1) is 5.38 Å². The van der Waals surface area contributed by atoms with Gasteiger partial charge in [0.2, 0.25) is 0 Å². The molecule has 1 aromatic carbocycles. The number of alkyl halides is 1. The second kappa shape index (κ2) is 4.99. The molecule has 2 unspecified atom stereocenters. The van der Waals surface area contributed by atoms with Crippen molar-refractivity contribution in [1.29, 1.82) is 0 Å². The molecule has 1 N–H and O–H groups in total. The summed E-state index contributed by atoms with van der Waals surface area (Å²) in [6, 6.07) is 9.04. The van der Waals surface area contributed by atoms with E-state index >= 15 is 0 Å². The van der Waals surface area contributed by atoms with Crippen molar-refractivity contribution in [2.75, 3.05) is 6.54 Å². The first-order valence-electron chi connectivity index (χ1n) is 6.80. The number of rotatable bonds is 3. The first-order chi connectivity index (χ1) is 8.34. The van der Waals surface area contributed by atoms with Gasteiger partial charge in [-0.2, -0.15) is 0 Å². The Labute approximate surface area is 109 Å². The molecule has 0 radical (unpaired) electrons. The van der Waals surface area contributed by atoms with Crippen LogP contribution in [0.15, 0.2) is 24.3 Å². The highest BCUT2D eigenvalue weighted by molar-refractivity contribution is 6.21. The Kier molecular flexibility index (Phi) is 3.39. The Morgan fingerprint density at radius 1 is 1.18 bits per heavy atom. The zero-order valence-electron chi connectivity index (χ0n) is 10.2. The molecule has 1 fully saturated rings. The smallest absolute Gasteiger partial charge is 0.0571 e. The van der Waals surface area contributed by atoms with Gasteiger partial charge in [0.15, 0.2) is 0 Å². The maximum absolute atomic E-state index is 6.47. The fourth-order valence-corrected chi connectivity index (χ4v) is 3.68. The summed E-state index contributed by atoms with van der Waals surface area (Å²) in [6.45, 7) is 1.14. The van der Waals surface area contributed by atoms with Crippen LogP contribution in [-0.2, 0) is 6.42 Å². The van der Waals surface area contributed by atoms with Crippen molar-refractivity contribution in [1.82, 2.24) is 5.32 Å². The Morgan fingerprint density at radius 3 is 2.76 bits per heavy atom. The van der Waals surface area contributed by atoms with Crippen molar-refractivity contribution in [3.63, 3.8) is 0 Å². The van der Waals surface area contributed by atoms with E-state index in [-0.39, 0.29) is 5.38 Å². The number of hydrogen-bond acceptors (Lipinski definition) is 1. The molecule has 2 aliphatic carbocycles. The molecule has 1 saturated carbocycles. The molecule has 0 amide bonds. The fourth-order valence-electron chi connectivity index (χ4n) is 3.29. The second-order valence-corrected chi connectivity index (χ2v) is 6.02. The summed E-state index contributed by atoms with van der Waals surface area (Å²) in [5.41, 5.74) is 2.85. The predicted molar refractivity (Wildman–Crippen MR) is 72.5 cm³/mol. The topological polar surface area (TPSA) is 12.0 Å². The van der Waals surface area contributed by atoms with Crippen molar-refractivity contribution in [3.8, 4) is 0 Å². The van der Waals surface area contributed by atoms with Crippen LogP contribution in [0.1, 0.15) is 42.9 Å². The predicted octanol–water partition coefficient (Wildman–Crippen LogP) is 3.67. The van der Waals surface area contributed by atoms with Gasteiger partial charge in [0.25, 0.3) is 0 Å². The van der Waals surface area contributed by atoms with Crippen LogP contribution in [0.25, 0.3) is 0 Å². The lowest BCUT2D eigenvalue weighted by atomic mass is 10.1. The van der Waals surface area contributed by atoms with E-state index in [2.05, 4.69) is 29.6 Å². The molecular formula is C15H20ClN. The Bertz CT molecular complexity index is 384. The van der Waals surface area contributed by atoms with E-state index in [4.69, 9.17) is 11.6 Å². The van der Waals surface area contributed by atoms with Gasteiger partial charge in [-0.05, 0) is 42.9 Å². The zero-order valence-corrected chi connectivity index (χ0v) is 10.9. The van der Waals surface area contributed by atoms with Crippen LogP contribution in [0.3, 0.4) is 0 Å². The minimum absolute atomic E-state index is 0.230. The summed E-state index contributed by atoms with van der Waals surface area (Å²) in [7, 11) is 0. The van der Waals surface area contributed by atoms with Gasteiger partial charge in [-0.15, -0.1) is 11.6 Å². The summed E-state index contributed by atoms with van der Waals surface area (Å²) in [6.07, 6.45) is 6.64. The SMILES string of the molecule is ClC1Cc2ccccc2C1NCC1CCCC1. The molecule has 3 rings (SSSR count). The van der Waals surface area contributed by atoms with Gasteiger partial charge < -0.3 is 5.32 Å². The highest BCUT2D eigenvalue weighted by atomic mass is 35.5. The van der Waals surface area contributed by atoms with E-state index in [1.807, 2.05) is 0 Å². The number of hydrogen-bond donors (Lipinski definition) is 1. The third-order valence-corrected chi connectivity index (χ3v) is 4.67. The van der Waals surface area contributed by atoms with Crippen molar-refractivity contribution >= 4 is 11.6 Å². The monoisotopic (exact) mass is 249 g/mol. The first kappa shape index (κ1) is 11.6. The van der Waals surface area contributed by atoms with Crippen molar-refractivity contribution in [2.45, 2.75) is 43.5 Å². The highest BCUT2D eigenvalue weighted by Crippen LogP contribution is 2.35. The lowest BCUT2D eigenvalue weighted by Gasteiger charge is -2.20. The molecular weight excluding hydrogens is 230 g/mol. The van der Waals surface area contributed by atoms with Gasteiger partial charge in [0.1, 0.15) is 0 Å². The first-order valence-corrected chi connectivity index (χ1v) is 7.23. The third-order valence-electron chi connectivity index (χ3n) is 4.27. The molecule has 0 bridgehead atoms. The molecule has 92 valence electrons. The summed E-state index contributed by atoms with van der Waals surface area (Å²) in [5, 5.41) is 3.93. The van der Waals surface area contributed by atoms with Crippen LogP contribution in [0.4, 0.5) is 0 Å². The zero-order chi connectivity index (χ0) is 11.7. The maximum atomic E-state index is 6.47. The van der Waals surface area contributed by atoms with E-state index in [0.29, 0.717) is 6.04 Å². The molecule has 2 aliphatic rings. The Morgan fingerprint density at radius 2 is 1.94 bits per heavy atom. The van der Waals surface area contributed by atoms with Crippen molar-refractivity contribution in [3.05, 3.63) is 35.4 Å². The summed E-state index contributed by atoms with van der Waals surface area (Å²) < 4.78 is 0. The largest absolute Gasteiger partial charge is 0.308 e. The number of fused-ring (bicyclic) bond motifs is 1. The number of nitrogens with one attached hydrogen (secondary N) is 1. The molecule has 0 aromatic heterocycles. The summed E-state index contributed by atoms with van der Waals surface area (Å²) in [4.78, 5) is 0. The van der Waals surface area contributed by atoms with Gasteiger partial charge in [0, 0.05) is 6.04 Å². The second-order valence-electron chi connectivity index (χ2n) is 5.46. The lowest BCUT2D eigenvalue weighted by Crippen LogP contribution is -2.29. The molecule has 0 heterocycles. The fraction of sp³-hybridized carbons (Fsp3) is 0.600. The van der Waals surface area contributed by atoms with Gasteiger partial charge >= 0.3 is 0 Å². The van der Waals surface area contributed by atoms with Crippen LogP contribution >= 0.6 is 11.6 Å². The molecule has 0 saturated heterocycles. The molecule has 1 nitrogen and oxygen atoms in total. The van der Waals surface area contributed by atoms with Gasteiger partial charge in [-0.1, -0.05) is 37.1 Å². The molecule has 2 atom stereocenters. The van der Waals surface area contributed by atoms with Crippen LogP contribution in [-0.4, -0.2) is 11.9 Å². The van der Waals surface area contributed by atoms with Crippen molar-refractivity contribution < 1.29 is 0 Å². The molecule has 0 spiro atoms. The molecule has 17 heavy (non-hydrogen) atoms. The number of benzene rings is 1. The van der Waals surface area contributed by atoms with E-state index < -0.39 is 0 Å². The van der Waals surface area contributed by atoms with E-state index in [1.54, 1.807) is 0 Å². The highest BCUT2D eigenvalue weighted by Gasteiger charge is 2.30. The van der Waals surface area contributed by atoms with E-state index in [9.17, 15) is 0 Å². The number of halogens is 1. The lowest BCUT2D eigenvalue weighted by molar-refractivity contribution is 0.439. The van der Waals surface area contributed by atoms with Gasteiger partial charge in [-0.25, -0.2) is 0 Å². The maximum Gasteiger partial charge on any atom is 0.0571 e. The average Bonchev–Trinajstić information content (AvgIpc) is 2.93. The quantitative estimate of drug-likeness (QED) is 0.806. The van der Waals surface area contributed by atoms with Crippen LogP contribution in [0, 0.1) is 5.92 Å². The molecule has 1 aromatic rings.